The van der Waals surface area contributed by atoms with Gasteiger partial charge in [0, 0.05) is 11.8 Å². The third-order valence-corrected chi connectivity index (χ3v) is 3.26. The first-order valence-electron chi connectivity index (χ1n) is 5.43. The molecule has 0 aromatic heterocycles. The third-order valence-electron chi connectivity index (χ3n) is 3.26. The Balaban J connectivity index is 1.72. The van der Waals surface area contributed by atoms with Gasteiger partial charge in [0.1, 0.15) is 0 Å². The molecule has 0 aromatic rings. The van der Waals surface area contributed by atoms with E-state index in [1.807, 2.05) is 0 Å². The van der Waals surface area contributed by atoms with Crippen LogP contribution in [0.2, 0.25) is 0 Å². The van der Waals surface area contributed by atoms with Gasteiger partial charge in [-0.05, 0) is 19.3 Å². The van der Waals surface area contributed by atoms with Gasteiger partial charge in [0.15, 0.2) is 0 Å². The lowest BCUT2D eigenvalue weighted by Crippen LogP contribution is -2.47. The lowest BCUT2D eigenvalue weighted by molar-refractivity contribution is -0.139. The molecule has 4 atom stereocenters. The lowest BCUT2D eigenvalue weighted by Gasteiger charge is -2.43. The first kappa shape index (κ1) is 9.47. The van der Waals surface area contributed by atoms with Crippen LogP contribution in [-0.2, 0) is 9.47 Å². The molecule has 2 aliphatic rings. The van der Waals surface area contributed by atoms with Gasteiger partial charge in [-0.3, -0.25) is 0 Å². The van der Waals surface area contributed by atoms with Crippen molar-refractivity contribution in [3.05, 3.63) is 6.42 Å². The number of hydrogen-bond donors (Lipinski definition) is 0. The van der Waals surface area contributed by atoms with E-state index in [1.165, 1.54) is 0 Å². The quantitative estimate of drug-likeness (QED) is 0.664. The first-order valence-corrected chi connectivity index (χ1v) is 5.43. The van der Waals surface area contributed by atoms with Gasteiger partial charge >= 0.3 is 0 Å². The van der Waals surface area contributed by atoms with Crippen LogP contribution in [0.3, 0.4) is 0 Å². The Morgan fingerprint density at radius 1 is 1.00 bits per heavy atom. The molecule has 0 saturated carbocycles. The fourth-order valence-electron chi connectivity index (χ4n) is 2.20. The van der Waals surface area contributed by atoms with Gasteiger partial charge in [-0.1, -0.05) is 13.8 Å². The van der Waals surface area contributed by atoms with E-state index in [0.717, 1.165) is 26.1 Å². The normalized spacial score (nSPS) is 43.8. The fourth-order valence-corrected chi connectivity index (χ4v) is 2.20. The van der Waals surface area contributed by atoms with Crippen LogP contribution in [0, 0.1) is 18.3 Å². The predicted octanol–water partition coefficient (Wildman–Crippen LogP) is 2.04. The molecule has 2 saturated heterocycles. The van der Waals surface area contributed by atoms with E-state index >= 15 is 0 Å². The molecular formula is C11H19O2. The molecular weight excluding hydrogens is 164 g/mol. The van der Waals surface area contributed by atoms with Crippen LogP contribution >= 0.6 is 0 Å². The molecule has 2 heterocycles. The Bertz CT molecular complexity index is 147. The molecule has 0 N–H and O–H groups in total. The average molecular weight is 183 g/mol. The fraction of sp³-hybridized carbons (Fsp3) is 0.909. The molecule has 2 heteroatoms. The van der Waals surface area contributed by atoms with Gasteiger partial charge in [-0.15, -0.1) is 0 Å². The van der Waals surface area contributed by atoms with Crippen molar-refractivity contribution >= 4 is 0 Å². The Labute approximate surface area is 80.6 Å². The summed E-state index contributed by atoms with van der Waals surface area (Å²) in [5.41, 5.74) is 0. The van der Waals surface area contributed by atoms with E-state index in [-0.39, 0.29) is 0 Å². The molecule has 0 bridgehead atoms. The van der Waals surface area contributed by atoms with Gasteiger partial charge in [-0.25, -0.2) is 0 Å². The summed E-state index contributed by atoms with van der Waals surface area (Å²) < 4.78 is 10.9. The third kappa shape index (κ3) is 1.75. The van der Waals surface area contributed by atoms with Crippen molar-refractivity contribution in [3.8, 4) is 0 Å². The van der Waals surface area contributed by atoms with Crippen molar-refractivity contribution in [2.45, 2.75) is 38.9 Å². The van der Waals surface area contributed by atoms with E-state index in [4.69, 9.17) is 9.47 Å². The van der Waals surface area contributed by atoms with Crippen molar-refractivity contribution in [1.82, 2.24) is 0 Å². The largest absolute Gasteiger partial charge is 0.377 e. The van der Waals surface area contributed by atoms with Crippen LogP contribution in [0.5, 0.6) is 0 Å². The molecule has 2 nitrogen and oxygen atoms in total. The van der Waals surface area contributed by atoms with E-state index in [2.05, 4.69) is 20.3 Å². The topological polar surface area (TPSA) is 18.5 Å². The average Bonchev–Trinajstić information content (AvgIpc) is 2.02. The minimum absolute atomic E-state index is 0.498. The molecule has 0 aliphatic carbocycles. The zero-order valence-electron chi connectivity index (χ0n) is 8.53. The summed E-state index contributed by atoms with van der Waals surface area (Å²) in [7, 11) is 0. The maximum Gasteiger partial charge on any atom is 0.0625 e. The summed E-state index contributed by atoms with van der Waals surface area (Å²) in [4.78, 5) is 0. The molecule has 2 rings (SSSR count). The van der Waals surface area contributed by atoms with Gasteiger partial charge in [0.05, 0.1) is 25.4 Å². The zero-order chi connectivity index (χ0) is 9.26. The van der Waals surface area contributed by atoms with Crippen molar-refractivity contribution < 1.29 is 9.47 Å². The van der Waals surface area contributed by atoms with E-state index in [0.29, 0.717) is 24.0 Å². The van der Waals surface area contributed by atoms with E-state index in [1.54, 1.807) is 0 Å². The van der Waals surface area contributed by atoms with Crippen LogP contribution in [-0.4, -0.2) is 25.4 Å². The van der Waals surface area contributed by atoms with Gasteiger partial charge in [0.25, 0.3) is 0 Å². The van der Waals surface area contributed by atoms with Crippen molar-refractivity contribution in [1.29, 1.82) is 0 Å². The summed E-state index contributed by atoms with van der Waals surface area (Å²) in [6.45, 7) is 6.26. The molecule has 2 aliphatic heterocycles. The summed E-state index contributed by atoms with van der Waals surface area (Å²) in [6, 6.07) is 0. The molecule has 4 unspecified atom stereocenters. The highest BCUT2D eigenvalue weighted by Crippen LogP contribution is 2.34. The van der Waals surface area contributed by atoms with Crippen molar-refractivity contribution in [2.24, 2.45) is 11.8 Å². The summed E-state index contributed by atoms with van der Waals surface area (Å²) in [6.07, 6.45) is 5.75. The highest BCUT2D eigenvalue weighted by molar-refractivity contribution is 4.98. The Kier molecular flexibility index (Phi) is 2.89. The lowest BCUT2D eigenvalue weighted by atomic mass is 9.81. The second-order valence-electron chi connectivity index (χ2n) is 4.08. The minimum atomic E-state index is 0.498. The van der Waals surface area contributed by atoms with Crippen LogP contribution in [0.1, 0.15) is 26.7 Å². The smallest absolute Gasteiger partial charge is 0.0625 e. The minimum Gasteiger partial charge on any atom is -0.377 e. The van der Waals surface area contributed by atoms with Crippen LogP contribution < -0.4 is 0 Å². The van der Waals surface area contributed by atoms with E-state index in [9.17, 15) is 0 Å². The standard InChI is InChI=1S/C11H19O2/c1-3-10-8(6-12-10)5-9-7-13-11(9)4-2/h5,8-11H,3-4,6-7H2,1-2H3. The molecule has 0 spiro atoms. The molecule has 75 valence electrons. The van der Waals surface area contributed by atoms with Crippen molar-refractivity contribution in [2.75, 3.05) is 13.2 Å². The summed E-state index contributed by atoms with van der Waals surface area (Å²) >= 11 is 0. The second kappa shape index (κ2) is 3.97. The first-order chi connectivity index (χ1) is 6.35. The van der Waals surface area contributed by atoms with Gasteiger partial charge in [-0.2, -0.15) is 0 Å². The second-order valence-corrected chi connectivity index (χ2v) is 4.08. The van der Waals surface area contributed by atoms with Gasteiger partial charge in [0.2, 0.25) is 0 Å². The Hall–Kier alpha value is -0.0800. The number of rotatable bonds is 4. The maximum absolute atomic E-state index is 5.46. The summed E-state index contributed by atoms with van der Waals surface area (Å²) in [5.74, 6) is 1.40. The maximum atomic E-state index is 5.46. The molecule has 0 amide bonds. The van der Waals surface area contributed by atoms with Crippen LogP contribution in [0.4, 0.5) is 0 Å². The molecule has 1 radical (unpaired) electrons. The monoisotopic (exact) mass is 183 g/mol. The number of hydrogen-bond acceptors (Lipinski definition) is 2. The molecule has 13 heavy (non-hydrogen) atoms. The predicted molar refractivity (Wildman–Crippen MR) is 51.3 cm³/mol. The van der Waals surface area contributed by atoms with Crippen LogP contribution in [0.15, 0.2) is 0 Å². The van der Waals surface area contributed by atoms with Crippen LogP contribution in [0.25, 0.3) is 0 Å². The summed E-state index contributed by atoms with van der Waals surface area (Å²) in [5, 5.41) is 0. The molecule has 2 fully saturated rings. The molecule has 0 aromatic carbocycles. The number of ether oxygens (including phenoxy) is 2. The zero-order valence-corrected chi connectivity index (χ0v) is 8.53. The highest BCUT2D eigenvalue weighted by atomic mass is 16.5. The Morgan fingerprint density at radius 2 is 1.46 bits per heavy atom. The highest BCUT2D eigenvalue weighted by Gasteiger charge is 2.38. The SMILES string of the molecule is CCC1OCC1[CH]C1COC1CC. The van der Waals surface area contributed by atoms with Crippen molar-refractivity contribution in [3.63, 3.8) is 0 Å². The Morgan fingerprint density at radius 3 is 1.69 bits per heavy atom. The van der Waals surface area contributed by atoms with E-state index < -0.39 is 0 Å². The van der Waals surface area contributed by atoms with Gasteiger partial charge < -0.3 is 9.47 Å².